The van der Waals surface area contributed by atoms with E-state index < -0.39 is 0 Å². The van der Waals surface area contributed by atoms with Gasteiger partial charge in [-0.2, -0.15) is 0 Å². The lowest BCUT2D eigenvalue weighted by molar-refractivity contribution is -0.144. The molecule has 0 radical (unpaired) electrons. The Bertz CT molecular complexity index is 282. The minimum Gasteiger partial charge on any atom is -0.469 e. The number of nitrogens with zero attached hydrogens (tertiary/aromatic N) is 1. The second-order valence-corrected chi connectivity index (χ2v) is 6.39. The smallest absolute Gasteiger partial charge is 0.307 e. The third-order valence-corrected chi connectivity index (χ3v) is 3.91. The highest BCUT2D eigenvalue weighted by Gasteiger charge is 2.48. The molecule has 0 aliphatic carbocycles. The fourth-order valence-corrected chi connectivity index (χ4v) is 3.47. The molecule has 100 valence electrons. The molecule has 1 fully saturated rings. The van der Waals surface area contributed by atoms with E-state index in [-0.39, 0.29) is 17.0 Å². The van der Waals surface area contributed by atoms with Crippen LogP contribution in [-0.2, 0) is 9.53 Å². The summed E-state index contributed by atoms with van der Waals surface area (Å²) in [5.74, 6) is -0.0986. The van der Waals surface area contributed by atoms with Gasteiger partial charge in [-0.25, -0.2) is 0 Å². The molecule has 1 unspecified atom stereocenters. The summed E-state index contributed by atoms with van der Waals surface area (Å²) in [5, 5.41) is 0. The minimum atomic E-state index is -0.0986. The molecule has 0 spiro atoms. The van der Waals surface area contributed by atoms with Gasteiger partial charge in [-0.1, -0.05) is 6.92 Å². The van der Waals surface area contributed by atoms with E-state index in [9.17, 15) is 4.79 Å². The van der Waals surface area contributed by atoms with Crippen LogP contribution in [-0.4, -0.2) is 35.1 Å². The van der Waals surface area contributed by atoms with Crippen molar-refractivity contribution in [1.82, 2.24) is 4.90 Å². The number of ether oxygens (including phenoxy) is 1. The van der Waals surface area contributed by atoms with Crippen LogP contribution in [0.15, 0.2) is 0 Å². The zero-order chi connectivity index (χ0) is 13.3. The van der Waals surface area contributed by atoms with Crippen LogP contribution in [0.4, 0.5) is 0 Å². The van der Waals surface area contributed by atoms with Crippen molar-refractivity contribution < 1.29 is 9.53 Å². The van der Waals surface area contributed by atoms with Crippen LogP contribution in [0.2, 0.25) is 0 Å². The van der Waals surface area contributed by atoms with Gasteiger partial charge < -0.3 is 4.74 Å². The van der Waals surface area contributed by atoms with E-state index in [1.165, 1.54) is 13.5 Å². The SMILES string of the molecule is CC[C@H]1CCC(C)(CC(=O)OC)N1C(C)(C)C. The monoisotopic (exact) mass is 241 g/mol. The average Bonchev–Trinajstić information content (AvgIpc) is 2.54. The van der Waals surface area contributed by atoms with Crippen molar-refractivity contribution >= 4 is 5.97 Å². The lowest BCUT2D eigenvalue weighted by Gasteiger charge is -2.47. The van der Waals surface area contributed by atoms with Gasteiger partial charge in [-0.3, -0.25) is 9.69 Å². The van der Waals surface area contributed by atoms with Crippen LogP contribution in [0.1, 0.15) is 60.3 Å². The maximum Gasteiger partial charge on any atom is 0.307 e. The summed E-state index contributed by atoms with van der Waals surface area (Å²) in [6.07, 6.45) is 3.91. The molecule has 0 aromatic rings. The molecule has 1 saturated heterocycles. The molecule has 0 saturated carbocycles. The maximum atomic E-state index is 11.6. The van der Waals surface area contributed by atoms with Crippen LogP contribution < -0.4 is 0 Å². The van der Waals surface area contributed by atoms with E-state index >= 15 is 0 Å². The summed E-state index contributed by atoms with van der Waals surface area (Å²) in [6.45, 7) is 11.1. The van der Waals surface area contributed by atoms with E-state index in [4.69, 9.17) is 4.74 Å². The Balaban J connectivity index is 2.94. The maximum absolute atomic E-state index is 11.6. The highest BCUT2D eigenvalue weighted by atomic mass is 16.5. The fourth-order valence-electron chi connectivity index (χ4n) is 3.47. The Morgan fingerprint density at radius 1 is 1.47 bits per heavy atom. The molecule has 3 heteroatoms. The summed E-state index contributed by atoms with van der Waals surface area (Å²) in [5.41, 5.74) is 0.0476. The molecule has 0 bridgehead atoms. The van der Waals surface area contributed by atoms with Crippen molar-refractivity contribution in [1.29, 1.82) is 0 Å². The molecule has 1 aliphatic heterocycles. The summed E-state index contributed by atoms with van der Waals surface area (Å²) < 4.78 is 4.84. The molecule has 3 nitrogen and oxygen atoms in total. The van der Waals surface area contributed by atoms with Gasteiger partial charge in [0.25, 0.3) is 0 Å². The van der Waals surface area contributed by atoms with Gasteiger partial charge in [0.15, 0.2) is 0 Å². The Hall–Kier alpha value is -0.570. The number of rotatable bonds is 3. The molecule has 2 atom stereocenters. The first kappa shape index (κ1) is 14.5. The van der Waals surface area contributed by atoms with Crippen molar-refractivity contribution in [2.75, 3.05) is 7.11 Å². The van der Waals surface area contributed by atoms with Gasteiger partial charge in [-0.15, -0.1) is 0 Å². The predicted octanol–water partition coefficient (Wildman–Crippen LogP) is 2.98. The number of hydrogen-bond acceptors (Lipinski definition) is 3. The van der Waals surface area contributed by atoms with Gasteiger partial charge in [0, 0.05) is 17.1 Å². The van der Waals surface area contributed by atoms with Gasteiger partial charge in [0.05, 0.1) is 13.5 Å². The molecule has 0 aromatic heterocycles. The molecule has 0 N–H and O–H groups in total. The van der Waals surface area contributed by atoms with Gasteiger partial charge in [-0.05, 0) is 47.0 Å². The van der Waals surface area contributed by atoms with E-state index in [1.807, 2.05) is 0 Å². The lowest BCUT2D eigenvalue weighted by atomic mass is 9.90. The second-order valence-electron chi connectivity index (χ2n) is 6.39. The topological polar surface area (TPSA) is 29.5 Å². The van der Waals surface area contributed by atoms with E-state index in [1.54, 1.807) is 0 Å². The Morgan fingerprint density at radius 2 is 2.06 bits per heavy atom. The molecule has 1 heterocycles. The van der Waals surface area contributed by atoms with Crippen LogP contribution >= 0.6 is 0 Å². The summed E-state index contributed by atoms with van der Waals surface area (Å²) in [7, 11) is 1.47. The van der Waals surface area contributed by atoms with Crippen molar-refractivity contribution in [2.45, 2.75) is 77.4 Å². The third-order valence-electron chi connectivity index (χ3n) is 3.91. The first-order valence-electron chi connectivity index (χ1n) is 6.61. The molecule has 1 aliphatic rings. The van der Waals surface area contributed by atoms with Gasteiger partial charge in [0.2, 0.25) is 0 Å². The van der Waals surface area contributed by atoms with Crippen molar-refractivity contribution in [3.63, 3.8) is 0 Å². The number of methoxy groups -OCH3 is 1. The number of esters is 1. The Kier molecular flexibility index (Phi) is 4.23. The van der Waals surface area contributed by atoms with E-state index in [2.05, 4.69) is 39.5 Å². The molecular formula is C14H27NO2. The summed E-state index contributed by atoms with van der Waals surface area (Å²) >= 11 is 0. The Morgan fingerprint density at radius 3 is 2.47 bits per heavy atom. The zero-order valence-electron chi connectivity index (χ0n) is 12.2. The van der Waals surface area contributed by atoms with Crippen molar-refractivity contribution in [2.24, 2.45) is 0 Å². The number of carbonyl (C=O) groups excluding carboxylic acids is 1. The van der Waals surface area contributed by atoms with E-state index in [0.717, 1.165) is 12.8 Å². The standard InChI is InChI=1S/C14H27NO2/c1-7-11-8-9-14(5,10-12(16)17-6)15(11)13(2,3)4/h11H,7-10H2,1-6H3/t11-,14?/m0/s1. The van der Waals surface area contributed by atoms with Crippen molar-refractivity contribution in [3.05, 3.63) is 0 Å². The first-order valence-corrected chi connectivity index (χ1v) is 6.61. The van der Waals surface area contributed by atoms with Crippen LogP contribution in [0.25, 0.3) is 0 Å². The molecular weight excluding hydrogens is 214 g/mol. The van der Waals surface area contributed by atoms with Crippen molar-refractivity contribution in [3.8, 4) is 0 Å². The van der Waals surface area contributed by atoms with Crippen LogP contribution in [0, 0.1) is 0 Å². The van der Waals surface area contributed by atoms with Gasteiger partial charge in [0.1, 0.15) is 0 Å². The third kappa shape index (κ3) is 3.01. The molecule has 1 rings (SSSR count). The van der Waals surface area contributed by atoms with E-state index in [0.29, 0.717) is 12.5 Å². The Labute approximate surface area is 106 Å². The largest absolute Gasteiger partial charge is 0.469 e. The quantitative estimate of drug-likeness (QED) is 0.711. The number of likely N-dealkylation sites (tertiary alicyclic amines) is 1. The molecule has 0 amide bonds. The second kappa shape index (κ2) is 4.97. The number of hydrogen-bond donors (Lipinski definition) is 0. The summed E-state index contributed by atoms with van der Waals surface area (Å²) in [6, 6.07) is 0.588. The minimum absolute atomic E-state index is 0.0496. The summed E-state index contributed by atoms with van der Waals surface area (Å²) in [4.78, 5) is 14.1. The lowest BCUT2D eigenvalue weighted by Crippen LogP contribution is -2.55. The highest BCUT2D eigenvalue weighted by molar-refractivity contribution is 5.70. The van der Waals surface area contributed by atoms with Gasteiger partial charge >= 0.3 is 5.97 Å². The first-order chi connectivity index (χ1) is 7.74. The number of carbonyl (C=O) groups is 1. The normalized spacial score (nSPS) is 30.6. The molecule has 17 heavy (non-hydrogen) atoms. The van der Waals surface area contributed by atoms with Crippen LogP contribution in [0.5, 0.6) is 0 Å². The average molecular weight is 241 g/mol. The molecule has 0 aromatic carbocycles. The van der Waals surface area contributed by atoms with Crippen LogP contribution in [0.3, 0.4) is 0 Å². The zero-order valence-corrected chi connectivity index (χ0v) is 12.2. The predicted molar refractivity (Wildman–Crippen MR) is 69.9 cm³/mol. The highest BCUT2D eigenvalue weighted by Crippen LogP contribution is 2.42. The fraction of sp³-hybridized carbons (Fsp3) is 0.929.